The van der Waals surface area contributed by atoms with Crippen molar-refractivity contribution in [3.8, 4) is 17.3 Å². The standard InChI is InChI=1S/C24H25N5O/c1-24(2,3)23-27-21-9-10-29(15-19(21)22(30)28-23)14-17-7-8-20(26-13-17)18-6-4-5-16(11-18)12-25/h4-8,11,13H,9-10,14-15H2,1-3H3,(H,27,28,30). The molecule has 1 aliphatic rings. The lowest BCUT2D eigenvalue weighted by Crippen LogP contribution is -2.37. The molecule has 30 heavy (non-hydrogen) atoms. The van der Waals surface area contributed by atoms with Crippen LogP contribution in [0.15, 0.2) is 47.4 Å². The van der Waals surface area contributed by atoms with Crippen molar-refractivity contribution in [2.45, 2.75) is 45.7 Å². The van der Waals surface area contributed by atoms with E-state index in [0.717, 1.165) is 53.4 Å². The van der Waals surface area contributed by atoms with Gasteiger partial charge in [-0.15, -0.1) is 0 Å². The van der Waals surface area contributed by atoms with Crippen LogP contribution in [0.25, 0.3) is 11.3 Å². The van der Waals surface area contributed by atoms with E-state index in [1.54, 1.807) is 6.07 Å². The lowest BCUT2D eigenvalue weighted by atomic mass is 9.95. The lowest BCUT2D eigenvalue weighted by molar-refractivity contribution is 0.240. The zero-order chi connectivity index (χ0) is 21.3. The van der Waals surface area contributed by atoms with E-state index in [9.17, 15) is 4.79 Å². The summed E-state index contributed by atoms with van der Waals surface area (Å²) in [5.41, 5.74) is 4.98. The molecule has 3 aromatic rings. The van der Waals surface area contributed by atoms with E-state index >= 15 is 0 Å². The second kappa shape index (κ2) is 7.85. The molecule has 0 atom stereocenters. The normalized spacial score (nSPS) is 14.2. The molecule has 0 radical (unpaired) electrons. The van der Waals surface area contributed by atoms with Crippen LogP contribution in [0.4, 0.5) is 0 Å². The molecule has 6 heteroatoms. The van der Waals surface area contributed by atoms with Crippen LogP contribution in [0.1, 0.15) is 49.0 Å². The van der Waals surface area contributed by atoms with E-state index in [2.05, 4.69) is 47.8 Å². The van der Waals surface area contributed by atoms with Gasteiger partial charge in [0.15, 0.2) is 0 Å². The molecule has 0 saturated heterocycles. The number of hydrogen-bond donors (Lipinski definition) is 1. The van der Waals surface area contributed by atoms with Crippen molar-refractivity contribution in [2.75, 3.05) is 6.54 Å². The highest BCUT2D eigenvalue weighted by Gasteiger charge is 2.24. The molecule has 2 aromatic heterocycles. The van der Waals surface area contributed by atoms with Crippen molar-refractivity contribution in [1.29, 1.82) is 5.26 Å². The van der Waals surface area contributed by atoms with Gasteiger partial charge in [-0.3, -0.25) is 14.7 Å². The highest BCUT2D eigenvalue weighted by Crippen LogP contribution is 2.22. The fourth-order valence-electron chi connectivity index (χ4n) is 3.67. The first-order chi connectivity index (χ1) is 14.3. The number of nitrogens with zero attached hydrogens (tertiary/aromatic N) is 4. The number of benzene rings is 1. The number of hydrogen-bond acceptors (Lipinski definition) is 5. The van der Waals surface area contributed by atoms with E-state index in [4.69, 9.17) is 10.2 Å². The second-order valence-electron chi connectivity index (χ2n) is 8.79. The monoisotopic (exact) mass is 399 g/mol. The van der Waals surface area contributed by atoms with Crippen molar-refractivity contribution < 1.29 is 0 Å². The van der Waals surface area contributed by atoms with Crippen LogP contribution >= 0.6 is 0 Å². The topological polar surface area (TPSA) is 85.7 Å². The minimum Gasteiger partial charge on any atom is -0.310 e. The van der Waals surface area contributed by atoms with Crippen LogP contribution in [0.3, 0.4) is 0 Å². The van der Waals surface area contributed by atoms with Gasteiger partial charge in [0.05, 0.1) is 28.6 Å². The van der Waals surface area contributed by atoms with Crippen LogP contribution in [0.2, 0.25) is 0 Å². The number of aromatic nitrogens is 3. The van der Waals surface area contributed by atoms with E-state index < -0.39 is 0 Å². The Balaban J connectivity index is 1.49. The molecule has 1 N–H and O–H groups in total. The first-order valence-electron chi connectivity index (χ1n) is 10.1. The van der Waals surface area contributed by atoms with Gasteiger partial charge < -0.3 is 4.98 Å². The average Bonchev–Trinajstić information content (AvgIpc) is 2.74. The lowest BCUT2D eigenvalue weighted by Gasteiger charge is -2.28. The molecule has 0 aliphatic carbocycles. The highest BCUT2D eigenvalue weighted by molar-refractivity contribution is 5.61. The third-order valence-corrected chi connectivity index (χ3v) is 5.38. The molecular formula is C24H25N5O. The molecule has 0 saturated carbocycles. The van der Waals surface area contributed by atoms with Crippen molar-refractivity contribution in [2.24, 2.45) is 0 Å². The van der Waals surface area contributed by atoms with Gasteiger partial charge in [-0.25, -0.2) is 4.98 Å². The number of aromatic amines is 1. The Hall–Kier alpha value is -3.30. The van der Waals surface area contributed by atoms with Crippen LogP contribution in [0.5, 0.6) is 0 Å². The number of nitriles is 1. The molecule has 1 aliphatic heterocycles. The first-order valence-corrected chi connectivity index (χ1v) is 10.1. The van der Waals surface area contributed by atoms with Crippen LogP contribution in [-0.4, -0.2) is 26.4 Å². The molecule has 0 bridgehead atoms. The summed E-state index contributed by atoms with van der Waals surface area (Å²) in [5, 5.41) is 9.07. The van der Waals surface area contributed by atoms with E-state index in [1.807, 2.05) is 30.5 Å². The summed E-state index contributed by atoms with van der Waals surface area (Å²) in [5.74, 6) is 0.750. The molecule has 0 amide bonds. The fourth-order valence-corrected chi connectivity index (χ4v) is 3.67. The second-order valence-corrected chi connectivity index (χ2v) is 8.79. The minimum atomic E-state index is -0.175. The average molecular weight is 399 g/mol. The van der Waals surface area contributed by atoms with Crippen molar-refractivity contribution >= 4 is 0 Å². The molecule has 1 aromatic carbocycles. The van der Waals surface area contributed by atoms with E-state index in [1.165, 1.54) is 0 Å². The Kier molecular flexibility index (Phi) is 5.23. The van der Waals surface area contributed by atoms with Gasteiger partial charge in [-0.05, 0) is 23.8 Å². The first kappa shape index (κ1) is 20.0. The summed E-state index contributed by atoms with van der Waals surface area (Å²) in [7, 11) is 0. The predicted octanol–water partition coefficient (Wildman–Crippen LogP) is 3.56. The van der Waals surface area contributed by atoms with Crippen molar-refractivity contribution in [3.05, 3.63) is 81.2 Å². The predicted molar refractivity (Wildman–Crippen MR) is 116 cm³/mol. The maximum absolute atomic E-state index is 12.6. The van der Waals surface area contributed by atoms with Gasteiger partial charge in [0.1, 0.15) is 5.82 Å². The molecule has 0 fully saturated rings. The SMILES string of the molecule is CC(C)(C)c1nc2c(c(=O)[nH]1)CN(Cc1ccc(-c3cccc(C#N)c3)nc1)CC2. The number of fused-ring (bicyclic) bond motifs is 1. The Labute approximate surface area is 176 Å². The van der Waals surface area contributed by atoms with E-state index in [-0.39, 0.29) is 11.0 Å². The highest BCUT2D eigenvalue weighted by atomic mass is 16.1. The summed E-state index contributed by atoms with van der Waals surface area (Å²) in [6, 6.07) is 13.6. The summed E-state index contributed by atoms with van der Waals surface area (Å²) in [4.78, 5) is 27.1. The number of rotatable bonds is 3. The van der Waals surface area contributed by atoms with Crippen LogP contribution in [-0.2, 0) is 24.9 Å². The molecule has 0 unspecified atom stereocenters. The van der Waals surface area contributed by atoms with Gasteiger partial charge >= 0.3 is 0 Å². The summed E-state index contributed by atoms with van der Waals surface area (Å²) in [6.07, 6.45) is 2.64. The van der Waals surface area contributed by atoms with Crippen LogP contribution in [0, 0.1) is 11.3 Å². The Bertz CT molecular complexity index is 1170. The van der Waals surface area contributed by atoms with E-state index in [0.29, 0.717) is 12.1 Å². The zero-order valence-corrected chi connectivity index (χ0v) is 17.6. The van der Waals surface area contributed by atoms with Gasteiger partial charge in [0.25, 0.3) is 5.56 Å². The largest absolute Gasteiger partial charge is 0.310 e. The van der Waals surface area contributed by atoms with Crippen LogP contribution < -0.4 is 5.56 Å². The van der Waals surface area contributed by atoms with Gasteiger partial charge in [-0.2, -0.15) is 5.26 Å². The Morgan fingerprint density at radius 3 is 2.77 bits per heavy atom. The summed E-state index contributed by atoms with van der Waals surface area (Å²) < 4.78 is 0. The molecular weight excluding hydrogens is 374 g/mol. The minimum absolute atomic E-state index is 0.0273. The van der Waals surface area contributed by atoms with Crippen molar-refractivity contribution in [3.63, 3.8) is 0 Å². The molecule has 6 nitrogen and oxygen atoms in total. The third-order valence-electron chi connectivity index (χ3n) is 5.38. The molecule has 4 rings (SSSR count). The fraction of sp³-hybridized carbons (Fsp3) is 0.333. The maximum Gasteiger partial charge on any atom is 0.255 e. The van der Waals surface area contributed by atoms with Gasteiger partial charge in [-0.1, -0.05) is 39.0 Å². The third kappa shape index (κ3) is 4.17. The smallest absolute Gasteiger partial charge is 0.255 e. The molecule has 0 spiro atoms. The summed E-state index contributed by atoms with van der Waals surface area (Å²) in [6.45, 7) is 8.35. The molecule has 3 heterocycles. The quantitative estimate of drug-likeness (QED) is 0.728. The van der Waals surface area contributed by atoms with Gasteiger partial charge in [0, 0.05) is 43.2 Å². The van der Waals surface area contributed by atoms with Crippen molar-refractivity contribution in [1.82, 2.24) is 19.9 Å². The Morgan fingerprint density at radius 1 is 1.23 bits per heavy atom. The molecule has 152 valence electrons. The maximum atomic E-state index is 12.6. The Morgan fingerprint density at radius 2 is 2.07 bits per heavy atom. The number of H-pyrrole nitrogens is 1. The summed E-state index contributed by atoms with van der Waals surface area (Å²) >= 11 is 0. The zero-order valence-electron chi connectivity index (χ0n) is 17.6. The number of nitrogens with one attached hydrogen (secondary N) is 1. The number of pyridine rings is 1. The van der Waals surface area contributed by atoms with Gasteiger partial charge in [0.2, 0.25) is 0 Å².